The SMILES string of the molecule is Cc1nc(-c2nnn(C)c2COC(=O)N(C)C2CC(C)(C)C2)ccc1O[C@H]1CCC[C@@H](C(=O)O)C1. The van der Waals surface area contributed by atoms with Crippen molar-refractivity contribution in [1.29, 1.82) is 0 Å². The minimum Gasteiger partial charge on any atom is -0.489 e. The first-order chi connectivity index (χ1) is 16.5. The van der Waals surface area contributed by atoms with Crippen molar-refractivity contribution in [3.8, 4) is 17.1 Å². The number of pyridine rings is 1. The molecule has 4 rings (SSSR count). The summed E-state index contributed by atoms with van der Waals surface area (Å²) in [6, 6.07) is 3.84. The molecule has 0 aliphatic heterocycles. The maximum absolute atomic E-state index is 12.6. The number of hydrogen-bond acceptors (Lipinski definition) is 7. The van der Waals surface area contributed by atoms with Crippen molar-refractivity contribution in [3.05, 3.63) is 23.5 Å². The van der Waals surface area contributed by atoms with Gasteiger partial charge < -0.3 is 19.5 Å². The van der Waals surface area contributed by atoms with Crippen LogP contribution in [0.25, 0.3) is 11.4 Å². The minimum atomic E-state index is -0.762. The molecule has 0 radical (unpaired) electrons. The first-order valence-corrected chi connectivity index (χ1v) is 12.2. The molecule has 190 valence electrons. The van der Waals surface area contributed by atoms with Gasteiger partial charge in [-0.2, -0.15) is 0 Å². The van der Waals surface area contributed by atoms with Crippen molar-refractivity contribution in [3.63, 3.8) is 0 Å². The molecule has 10 nitrogen and oxygen atoms in total. The molecule has 2 saturated carbocycles. The fourth-order valence-corrected chi connectivity index (χ4v) is 5.07. The molecule has 2 heterocycles. The summed E-state index contributed by atoms with van der Waals surface area (Å²) in [6.45, 7) is 6.28. The Morgan fingerprint density at radius 1 is 1.26 bits per heavy atom. The summed E-state index contributed by atoms with van der Waals surface area (Å²) < 4.78 is 13.3. The zero-order valence-corrected chi connectivity index (χ0v) is 21.2. The predicted octanol–water partition coefficient (Wildman–Crippen LogP) is 3.96. The largest absolute Gasteiger partial charge is 0.489 e. The molecule has 2 aliphatic rings. The number of carboxylic acid groups (broad SMARTS) is 1. The van der Waals surface area contributed by atoms with Gasteiger partial charge in [-0.15, -0.1) is 5.10 Å². The van der Waals surface area contributed by atoms with E-state index in [9.17, 15) is 14.7 Å². The lowest BCUT2D eigenvalue weighted by atomic mass is 9.68. The van der Waals surface area contributed by atoms with Gasteiger partial charge in [0.1, 0.15) is 23.7 Å². The second kappa shape index (κ2) is 9.83. The highest BCUT2D eigenvalue weighted by atomic mass is 16.6. The number of aromatic nitrogens is 4. The van der Waals surface area contributed by atoms with Gasteiger partial charge in [0.2, 0.25) is 0 Å². The Morgan fingerprint density at radius 3 is 2.66 bits per heavy atom. The fourth-order valence-electron chi connectivity index (χ4n) is 5.07. The fraction of sp³-hybridized carbons (Fsp3) is 0.640. The van der Waals surface area contributed by atoms with Crippen molar-refractivity contribution >= 4 is 12.1 Å². The van der Waals surface area contributed by atoms with Gasteiger partial charge in [-0.3, -0.25) is 4.79 Å². The average molecular weight is 486 g/mol. The zero-order chi connectivity index (χ0) is 25.3. The van der Waals surface area contributed by atoms with Gasteiger partial charge >= 0.3 is 12.1 Å². The Bertz CT molecular complexity index is 1090. The highest BCUT2D eigenvalue weighted by Gasteiger charge is 2.40. The third-order valence-electron chi connectivity index (χ3n) is 7.24. The van der Waals surface area contributed by atoms with Crippen LogP contribution in [-0.4, -0.2) is 61.2 Å². The van der Waals surface area contributed by atoms with Crippen LogP contribution in [0, 0.1) is 18.3 Å². The van der Waals surface area contributed by atoms with E-state index in [0.29, 0.717) is 41.4 Å². The molecule has 0 aromatic carbocycles. The van der Waals surface area contributed by atoms with Gasteiger partial charge in [-0.1, -0.05) is 19.1 Å². The summed E-state index contributed by atoms with van der Waals surface area (Å²) in [5.74, 6) is -0.491. The smallest absolute Gasteiger partial charge is 0.410 e. The number of nitrogens with zero attached hydrogens (tertiary/aromatic N) is 5. The molecule has 0 spiro atoms. The van der Waals surface area contributed by atoms with E-state index in [1.165, 1.54) is 0 Å². The molecule has 2 aliphatic carbocycles. The Balaban J connectivity index is 1.41. The van der Waals surface area contributed by atoms with Crippen molar-refractivity contribution in [2.75, 3.05) is 7.05 Å². The standard InChI is InChI=1S/C25H35N5O5/c1-15-21(35-18-8-6-7-16(11-18)23(31)32)10-9-19(26-15)22-20(30(5)28-27-22)14-34-24(33)29(4)17-12-25(2,3)13-17/h9-10,16-18H,6-8,11-14H2,1-5H3,(H,31,32)/t16-,18+/m1/s1. The number of aryl methyl sites for hydroxylation is 2. The van der Waals surface area contributed by atoms with Gasteiger partial charge in [-0.05, 0) is 63.0 Å². The van der Waals surface area contributed by atoms with Crippen LogP contribution >= 0.6 is 0 Å². The van der Waals surface area contributed by atoms with E-state index >= 15 is 0 Å². The van der Waals surface area contributed by atoms with Crippen molar-refractivity contribution in [1.82, 2.24) is 24.9 Å². The quantitative estimate of drug-likeness (QED) is 0.626. The number of hydrogen-bond donors (Lipinski definition) is 1. The third kappa shape index (κ3) is 5.57. The second-order valence-electron chi connectivity index (χ2n) is 10.6. The third-order valence-corrected chi connectivity index (χ3v) is 7.24. The Kier molecular flexibility index (Phi) is 7.00. The van der Waals surface area contributed by atoms with Gasteiger partial charge in [0.25, 0.3) is 0 Å². The Labute approximate surface area is 205 Å². The number of amides is 1. The molecule has 1 amide bonds. The summed E-state index contributed by atoms with van der Waals surface area (Å²) in [6.07, 6.45) is 4.29. The van der Waals surface area contributed by atoms with Crippen LogP contribution in [-0.2, 0) is 23.2 Å². The van der Waals surface area contributed by atoms with E-state index in [0.717, 1.165) is 25.7 Å². The topological polar surface area (TPSA) is 120 Å². The van der Waals surface area contributed by atoms with E-state index in [1.807, 2.05) is 13.0 Å². The molecule has 35 heavy (non-hydrogen) atoms. The Hall–Kier alpha value is -3.17. The number of ether oxygens (including phenoxy) is 2. The Morgan fingerprint density at radius 2 is 2.00 bits per heavy atom. The number of aliphatic carboxylic acids is 1. The average Bonchev–Trinajstić information content (AvgIpc) is 3.17. The van der Waals surface area contributed by atoms with Crippen LogP contribution in [0.3, 0.4) is 0 Å². The van der Waals surface area contributed by atoms with Gasteiger partial charge in [-0.25, -0.2) is 14.5 Å². The van der Waals surface area contributed by atoms with Crippen LogP contribution in [0.5, 0.6) is 5.75 Å². The first kappa shape index (κ1) is 24.9. The molecular weight excluding hydrogens is 450 g/mol. The lowest BCUT2D eigenvalue weighted by molar-refractivity contribution is -0.143. The second-order valence-corrected chi connectivity index (χ2v) is 10.6. The van der Waals surface area contributed by atoms with E-state index in [4.69, 9.17) is 9.47 Å². The van der Waals surface area contributed by atoms with Crippen LogP contribution in [0.2, 0.25) is 0 Å². The van der Waals surface area contributed by atoms with Crippen LogP contribution in [0.4, 0.5) is 4.79 Å². The minimum absolute atomic E-state index is 0.0374. The first-order valence-electron chi connectivity index (χ1n) is 12.2. The number of carbonyl (C=O) groups excluding carboxylic acids is 1. The monoisotopic (exact) mass is 485 g/mol. The summed E-state index contributed by atoms with van der Waals surface area (Å²) in [5.41, 5.74) is 2.76. The van der Waals surface area contributed by atoms with Gasteiger partial charge in [0.05, 0.1) is 23.4 Å². The number of rotatable bonds is 7. The molecule has 2 aromatic rings. The maximum Gasteiger partial charge on any atom is 0.410 e. The molecule has 10 heteroatoms. The summed E-state index contributed by atoms with van der Waals surface area (Å²) in [4.78, 5) is 30.3. The normalized spacial score (nSPS) is 21.7. The van der Waals surface area contributed by atoms with Crippen molar-refractivity contribution < 1.29 is 24.2 Å². The lowest BCUT2D eigenvalue weighted by Crippen LogP contribution is -2.49. The van der Waals surface area contributed by atoms with Crippen LogP contribution in [0.15, 0.2) is 12.1 Å². The molecule has 0 bridgehead atoms. The summed E-state index contributed by atoms with van der Waals surface area (Å²) in [7, 11) is 3.53. The molecule has 2 fully saturated rings. The van der Waals surface area contributed by atoms with E-state index in [-0.39, 0.29) is 36.2 Å². The van der Waals surface area contributed by atoms with E-state index < -0.39 is 5.97 Å². The maximum atomic E-state index is 12.6. The van der Waals surface area contributed by atoms with E-state index in [1.54, 1.807) is 29.7 Å². The van der Waals surface area contributed by atoms with Gasteiger partial charge in [0.15, 0.2) is 0 Å². The molecule has 2 atom stereocenters. The highest BCUT2D eigenvalue weighted by molar-refractivity contribution is 5.70. The zero-order valence-electron chi connectivity index (χ0n) is 21.2. The molecule has 0 saturated heterocycles. The summed E-state index contributed by atoms with van der Waals surface area (Å²) in [5, 5.41) is 17.7. The molecular formula is C25H35N5O5. The molecule has 2 aromatic heterocycles. The van der Waals surface area contributed by atoms with Crippen LogP contribution in [0.1, 0.15) is 63.8 Å². The molecule has 1 N–H and O–H groups in total. The van der Waals surface area contributed by atoms with Crippen molar-refractivity contribution in [2.45, 2.75) is 78.0 Å². The van der Waals surface area contributed by atoms with Gasteiger partial charge in [0, 0.05) is 20.1 Å². The van der Waals surface area contributed by atoms with Crippen LogP contribution < -0.4 is 4.74 Å². The summed E-state index contributed by atoms with van der Waals surface area (Å²) >= 11 is 0. The van der Waals surface area contributed by atoms with E-state index in [2.05, 4.69) is 29.1 Å². The predicted molar refractivity (Wildman–Crippen MR) is 128 cm³/mol. The highest BCUT2D eigenvalue weighted by Crippen LogP contribution is 2.42. The number of carbonyl (C=O) groups is 2. The molecule has 0 unspecified atom stereocenters. The number of carboxylic acids is 1. The van der Waals surface area contributed by atoms with Crippen molar-refractivity contribution in [2.24, 2.45) is 18.4 Å². The lowest BCUT2D eigenvalue weighted by Gasteiger charge is -2.46.